The second-order valence-electron chi connectivity index (χ2n) is 4.49. The number of rotatable bonds is 7. The molecule has 2 N–H and O–H groups in total. The van der Waals surface area contributed by atoms with Crippen molar-refractivity contribution in [2.75, 3.05) is 13.2 Å². The lowest BCUT2D eigenvalue weighted by Gasteiger charge is -2.07. The number of hydrogen-bond acceptors (Lipinski definition) is 4. The maximum absolute atomic E-state index is 11.9. The molecule has 1 amide bonds. The molecule has 0 aliphatic rings. The largest absolute Gasteiger partial charge is 0.473 e. The zero-order chi connectivity index (χ0) is 14.9. The van der Waals surface area contributed by atoms with Gasteiger partial charge < -0.3 is 15.2 Å². The molecule has 0 aliphatic carbocycles. The Bertz CT molecular complexity index is 573. The molecule has 21 heavy (non-hydrogen) atoms. The van der Waals surface area contributed by atoms with E-state index in [9.17, 15) is 4.79 Å². The van der Waals surface area contributed by atoms with Crippen LogP contribution >= 0.6 is 0 Å². The molecule has 5 heteroatoms. The zero-order valence-electron chi connectivity index (χ0n) is 11.7. The van der Waals surface area contributed by atoms with Gasteiger partial charge in [0.1, 0.15) is 6.61 Å². The third-order valence-electron chi connectivity index (χ3n) is 2.85. The molecule has 1 aromatic carbocycles. The van der Waals surface area contributed by atoms with Gasteiger partial charge in [-0.15, -0.1) is 0 Å². The van der Waals surface area contributed by atoms with Crippen molar-refractivity contribution < 1.29 is 14.6 Å². The first-order chi connectivity index (χ1) is 10.3. The molecular weight excluding hydrogens is 268 g/mol. The van der Waals surface area contributed by atoms with Gasteiger partial charge in [-0.25, -0.2) is 4.98 Å². The Morgan fingerprint density at radius 2 is 2.05 bits per heavy atom. The standard InChI is InChI=1S/C16H18N2O3/c19-10-4-8-18-16(20)14-7-9-17-15(11-14)21-12-13-5-2-1-3-6-13/h1-3,5-7,9,11,19H,4,8,10,12H2,(H,18,20). The van der Waals surface area contributed by atoms with E-state index in [1.54, 1.807) is 18.3 Å². The summed E-state index contributed by atoms with van der Waals surface area (Å²) < 4.78 is 5.58. The lowest BCUT2D eigenvalue weighted by atomic mass is 10.2. The van der Waals surface area contributed by atoms with Crippen LogP contribution in [0.1, 0.15) is 22.3 Å². The summed E-state index contributed by atoms with van der Waals surface area (Å²) in [6.07, 6.45) is 2.08. The predicted octanol–water partition coefficient (Wildman–Crippen LogP) is 1.77. The molecule has 0 aliphatic heterocycles. The molecule has 0 fully saturated rings. The van der Waals surface area contributed by atoms with Crippen LogP contribution in [0.3, 0.4) is 0 Å². The van der Waals surface area contributed by atoms with Gasteiger partial charge in [0.15, 0.2) is 0 Å². The monoisotopic (exact) mass is 286 g/mol. The highest BCUT2D eigenvalue weighted by Crippen LogP contribution is 2.11. The van der Waals surface area contributed by atoms with E-state index in [1.807, 2.05) is 30.3 Å². The van der Waals surface area contributed by atoms with Crippen LogP contribution in [0.4, 0.5) is 0 Å². The molecule has 0 atom stereocenters. The lowest BCUT2D eigenvalue weighted by Crippen LogP contribution is -2.25. The van der Waals surface area contributed by atoms with Crippen LogP contribution < -0.4 is 10.1 Å². The molecule has 1 aromatic heterocycles. The Morgan fingerprint density at radius 3 is 2.81 bits per heavy atom. The Hall–Kier alpha value is -2.40. The number of aromatic nitrogens is 1. The van der Waals surface area contributed by atoms with Crippen LogP contribution in [-0.4, -0.2) is 29.1 Å². The first-order valence-corrected chi connectivity index (χ1v) is 6.81. The Morgan fingerprint density at radius 1 is 1.24 bits per heavy atom. The summed E-state index contributed by atoms with van der Waals surface area (Å²) in [7, 11) is 0. The number of benzene rings is 1. The van der Waals surface area contributed by atoms with Crippen molar-refractivity contribution in [1.82, 2.24) is 10.3 Å². The average molecular weight is 286 g/mol. The fraction of sp³-hybridized carbons (Fsp3) is 0.250. The van der Waals surface area contributed by atoms with Crippen molar-refractivity contribution in [3.63, 3.8) is 0 Å². The molecule has 110 valence electrons. The third kappa shape index (κ3) is 4.89. The first-order valence-electron chi connectivity index (χ1n) is 6.81. The minimum absolute atomic E-state index is 0.0576. The van der Waals surface area contributed by atoms with Gasteiger partial charge in [-0.2, -0.15) is 0 Å². The van der Waals surface area contributed by atoms with Crippen LogP contribution in [0, 0.1) is 0 Å². The van der Waals surface area contributed by atoms with Crippen molar-refractivity contribution >= 4 is 5.91 Å². The van der Waals surface area contributed by atoms with Crippen LogP contribution in [0.5, 0.6) is 5.88 Å². The summed E-state index contributed by atoms with van der Waals surface area (Å²) in [5.74, 6) is 0.212. The number of ether oxygens (including phenoxy) is 1. The van der Waals surface area contributed by atoms with Crippen LogP contribution in [0.25, 0.3) is 0 Å². The summed E-state index contributed by atoms with van der Waals surface area (Å²) in [5.41, 5.74) is 1.53. The number of nitrogens with zero attached hydrogens (tertiary/aromatic N) is 1. The highest BCUT2D eigenvalue weighted by molar-refractivity contribution is 5.94. The number of pyridine rings is 1. The van der Waals surface area contributed by atoms with Gasteiger partial charge >= 0.3 is 0 Å². The quantitative estimate of drug-likeness (QED) is 0.761. The SMILES string of the molecule is O=C(NCCCO)c1ccnc(OCc2ccccc2)c1. The zero-order valence-corrected chi connectivity index (χ0v) is 11.7. The van der Waals surface area contributed by atoms with Gasteiger partial charge in [0.25, 0.3) is 5.91 Å². The minimum Gasteiger partial charge on any atom is -0.473 e. The topological polar surface area (TPSA) is 71.5 Å². The second kappa shape index (κ2) is 8.01. The Kier molecular flexibility index (Phi) is 5.72. The van der Waals surface area contributed by atoms with E-state index in [-0.39, 0.29) is 12.5 Å². The average Bonchev–Trinajstić information content (AvgIpc) is 2.54. The summed E-state index contributed by atoms with van der Waals surface area (Å²) in [6, 6.07) is 13.0. The van der Waals surface area contributed by atoms with E-state index < -0.39 is 0 Å². The van der Waals surface area contributed by atoms with Crippen LogP contribution in [0.15, 0.2) is 48.7 Å². The minimum atomic E-state index is -0.199. The summed E-state index contributed by atoms with van der Waals surface area (Å²) in [5, 5.41) is 11.4. The van der Waals surface area contributed by atoms with Gasteiger partial charge in [0.2, 0.25) is 5.88 Å². The van der Waals surface area contributed by atoms with Crippen molar-refractivity contribution in [2.24, 2.45) is 0 Å². The van der Waals surface area contributed by atoms with Gasteiger partial charge in [-0.3, -0.25) is 4.79 Å². The van der Waals surface area contributed by atoms with Crippen molar-refractivity contribution in [3.8, 4) is 5.88 Å². The number of hydrogen-bond donors (Lipinski definition) is 2. The van der Waals surface area contributed by atoms with Gasteiger partial charge in [0, 0.05) is 31.0 Å². The van der Waals surface area contributed by atoms with Crippen molar-refractivity contribution in [1.29, 1.82) is 0 Å². The van der Waals surface area contributed by atoms with E-state index in [2.05, 4.69) is 10.3 Å². The molecule has 0 spiro atoms. The summed E-state index contributed by atoms with van der Waals surface area (Å²) in [6.45, 7) is 0.906. The fourth-order valence-corrected chi connectivity index (χ4v) is 1.74. The molecule has 5 nitrogen and oxygen atoms in total. The highest BCUT2D eigenvalue weighted by Gasteiger charge is 2.07. The third-order valence-corrected chi connectivity index (χ3v) is 2.85. The molecule has 0 saturated heterocycles. The number of amides is 1. The van der Waals surface area contributed by atoms with Gasteiger partial charge in [-0.1, -0.05) is 30.3 Å². The second-order valence-corrected chi connectivity index (χ2v) is 4.49. The molecular formula is C16H18N2O3. The van der Waals surface area contributed by atoms with Crippen molar-refractivity contribution in [2.45, 2.75) is 13.0 Å². The summed E-state index contributed by atoms with van der Waals surface area (Å²) in [4.78, 5) is 16.0. The molecule has 0 saturated carbocycles. The maximum Gasteiger partial charge on any atom is 0.251 e. The molecule has 0 radical (unpaired) electrons. The highest BCUT2D eigenvalue weighted by atomic mass is 16.5. The Labute approximate surface area is 123 Å². The molecule has 2 rings (SSSR count). The maximum atomic E-state index is 11.9. The number of aliphatic hydroxyl groups is 1. The van der Waals surface area contributed by atoms with E-state index in [0.717, 1.165) is 5.56 Å². The Balaban J connectivity index is 1.92. The molecule has 2 aromatic rings. The van der Waals surface area contributed by atoms with E-state index >= 15 is 0 Å². The van der Waals surface area contributed by atoms with Crippen molar-refractivity contribution in [3.05, 3.63) is 59.8 Å². The lowest BCUT2D eigenvalue weighted by molar-refractivity contribution is 0.0950. The smallest absolute Gasteiger partial charge is 0.251 e. The number of carbonyl (C=O) groups is 1. The fourth-order valence-electron chi connectivity index (χ4n) is 1.74. The summed E-state index contributed by atoms with van der Waals surface area (Å²) >= 11 is 0. The predicted molar refractivity (Wildman–Crippen MR) is 79.0 cm³/mol. The molecule has 0 unspecified atom stereocenters. The van der Waals surface area contributed by atoms with Gasteiger partial charge in [-0.05, 0) is 18.1 Å². The first kappa shape index (κ1) is 15.0. The van der Waals surface area contributed by atoms with Crippen LogP contribution in [-0.2, 0) is 6.61 Å². The molecule has 0 bridgehead atoms. The van der Waals surface area contributed by atoms with E-state index in [0.29, 0.717) is 31.0 Å². The van der Waals surface area contributed by atoms with Crippen LogP contribution in [0.2, 0.25) is 0 Å². The number of nitrogens with one attached hydrogen (secondary N) is 1. The normalized spacial score (nSPS) is 10.1. The number of carbonyl (C=O) groups excluding carboxylic acids is 1. The van der Waals surface area contributed by atoms with E-state index in [1.165, 1.54) is 0 Å². The van der Waals surface area contributed by atoms with Gasteiger partial charge in [0.05, 0.1) is 0 Å². The van der Waals surface area contributed by atoms with E-state index in [4.69, 9.17) is 9.84 Å². The number of aliphatic hydroxyl groups excluding tert-OH is 1. The molecule has 1 heterocycles.